The van der Waals surface area contributed by atoms with Crippen LogP contribution in [0.15, 0.2) is 24.3 Å². The van der Waals surface area contributed by atoms with Crippen molar-refractivity contribution in [2.45, 2.75) is 19.0 Å². The summed E-state index contributed by atoms with van der Waals surface area (Å²) in [5, 5.41) is 16.4. The fourth-order valence-electron chi connectivity index (χ4n) is 3.71. The normalized spacial score (nSPS) is 22.5. The predicted octanol–water partition coefficient (Wildman–Crippen LogP) is 0.627. The Kier molecular flexibility index (Phi) is 5.05. The van der Waals surface area contributed by atoms with Gasteiger partial charge < -0.3 is 9.84 Å². The Labute approximate surface area is 160 Å². The topological polar surface area (TPSA) is 110 Å². The number of anilines is 1. The first-order chi connectivity index (χ1) is 13.5. The van der Waals surface area contributed by atoms with Crippen LogP contribution < -0.4 is 5.32 Å². The van der Waals surface area contributed by atoms with Gasteiger partial charge in [0.25, 0.3) is 5.91 Å². The number of halogens is 1. The van der Waals surface area contributed by atoms with Crippen LogP contribution in [0.5, 0.6) is 0 Å². The zero-order valence-corrected chi connectivity index (χ0v) is 15.0. The van der Waals surface area contributed by atoms with Crippen LogP contribution >= 0.6 is 0 Å². The number of fused-ring (bicyclic) bond motifs is 1. The van der Waals surface area contributed by atoms with Gasteiger partial charge in [-0.25, -0.2) is 9.07 Å². The molecule has 2 unspecified atom stereocenters. The maximum absolute atomic E-state index is 13.8. The van der Waals surface area contributed by atoms with E-state index in [1.54, 1.807) is 10.7 Å². The minimum atomic E-state index is -0.886. The summed E-state index contributed by atoms with van der Waals surface area (Å²) < 4.78 is 20.8. The van der Waals surface area contributed by atoms with E-state index < -0.39 is 23.6 Å². The van der Waals surface area contributed by atoms with E-state index in [-0.39, 0.29) is 24.0 Å². The molecule has 2 atom stereocenters. The average Bonchev–Trinajstić information content (AvgIpc) is 3.09. The van der Waals surface area contributed by atoms with Gasteiger partial charge in [0.15, 0.2) is 0 Å². The smallest absolute Gasteiger partial charge is 0.308 e. The molecule has 10 heteroatoms. The highest BCUT2D eigenvalue weighted by Crippen LogP contribution is 2.26. The van der Waals surface area contributed by atoms with Crippen molar-refractivity contribution in [2.24, 2.45) is 5.92 Å². The van der Waals surface area contributed by atoms with Crippen molar-refractivity contribution >= 4 is 17.8 Å². The van der Waals surface area contributed by atoms with Crippen molar-refractivity contribution in [3.05, 3.63) is 41.5 Å². The zero-order valence-electron chi connectivity index (χ0n) is 15.0. The molecule has 0 saturated carbocycles. The molecule has 28 heavy (non-hydrogen) atoms. The number of benzene rings is 1. The second-order valence-corrected chi connectivity index (χ2v) is 6.83. The number of ether oxygens (including phenoxy) is 1. The molecule has 2 aliphatic heterocycles. The van der Waals surface area contributed by atoms with Crippen LogP contribution in [0.1, 0.15) is 16.2 Å². The lowest BCUT2D eigenvalue weighted by atomic mass is 9.91. The van der Waals surface area contributed by atoms with Gasteiger partial charge in [0.2, 0.25) is 5.95 Å². The minimum absolute atomic E-state index is 0.0371. The summed E-state index contributed by atoms with van der Waals surface area (Å²) in [7, 11) is 0. The summed E-state index contributed by atoms with van der Waals surface area (Å²) in [6, 6.07) is 5.40. The first-order valence-corrected chi connectivity index (χ1v) is 9.07. The molecule has 1 fully saturated rings. The Hall–Kier alpha value is -2.85. The molecule has 1 saturated heterocycles. The second kappa shape index (κ2) is 7.64. The second-order valence-electron chi connectivity index (χ2n) is 6.83. The Morgan fingerprint density at radius 1 is 1.25 bits per heavy atom. The van der Waals surface area contributed by atoms with Gasteiger partial charge in [-0.15, -0.1) is 5.10 Å². The van der Waals surface area contributed by atoms with Crippen molar-refractivity contribution < 1.29 is 23.8 Å². The Bertz CT molecular complexity index is 896. The van der Waals surface area contributed by atoms with Gasteiger partial charge in [-0.05, 0) is 12.1 Å². The fraction of sp³-hybridized carbons (Fsp3) is 0.444. The van der Waals surface area contributed by atoms with Crippen molar-refractivity contribution in [2.75, 3.05) is 31.6 Å². The van der Waals surface area contributed by atoms with Gasteiger partial charge in [0.05, 0.1) is 31.2 Å². The van der Waals surface area contributed by atoms with Gasteiger partial charge in [-0.2, -0.15) is 4.98 Å². The van der Waals surface area contributed by atoms with Gasteiger partial charge in [0.1, 0.15) is 11.6 Å². The van der Waals surface area contributed by atoms with E-state index in [4.69, 9.17) is 4.74 Å². The van der Waals surface area contributed by atoms with E-state index >= 15 is 0 Å². The molecule has 3 heterocycles. The number of hydrogen-bond acceptors (Lipinski definition) is 6. The standard InChI is InChI=1S/C18H20FN5O4/c19-13-4-2-1-3-11(13)16(25)21-18-20-15-9-12(17(26)27)14(10-24(15)22-18)23-5-7-28-8-6-23/h1-4,12,14H,5-10H2,(H,26,27)(H,21,22,25). The number of hydrogen-bond donors (Lipinski definition) is 2. The molecule has 0 aliphatic carbocycles. The molecule has 2 aliphatic rings. The van der Waals surface area contributed by atoms with Crippen molar-refractivity contribution in [1.29, 1.82) is 0 Å². The highest BCUT2D eigenvalue weighted by molar-refractivity contribution is 6.03. The highest BCUT2D eigenvalue weighted by atomic mass is 19.1. The number of carboxylic acids is 1. The number of nitrogens with one attached hydrogen (secondary N) is 1. The Morgan fingerprint density at radius 2 is 2.00 bits per heavy atom. The molecule has 2 aromatic rings. The summed E-state index contributed by atoms with van der Waals surface area (Å²) >= 11 is 0. The summed E-state index contributed by atoms with van der Waals surface area (Å²) in [6.07, 6.45) is 0.208. The molecule has 1 aromatic carbocycles. The molecule has 2 N–H and O–H groups in total. The molecule has 1 aromatic heterocycles. The largest absolute Gasteiger partial charge is 0.481 e. The third-order valence-corrected chi connectivity index (χ3v) is 5.15. The number of carboxylic acid groups (broad SMARTS) is 1. The summed E-state index contributed by atoms with van der Waals surface area (Å²) in [5.74, 6) is -2.27. The van der Waals surface area contributed by atoms with Gasteiger partial charge >= 0.3 is 5.97 Å². The van der Waals surface area contributed by atoms with Gasteiger partial charge in [0, 0.05) is 25.6 Å². The number of carbonyl (C=O) groups is 2. The number of morpholine rings is 1. The van der Waals surface area contributed by atoms with E-state index in [1.165, 1.54) is 18.2 Å². The summed E-state index contributed by atoms with van der Waals surface area (Å²) in [6.45, 7) is 2.81. The molecule has 9 nitrogen and oxygen atoms in total. The zero-order chi connectivity index (χ0) is 19.7. The van der Waals surface area contributed by atoms with E-state index in [9.17, 15) is 19.1 Å². The Balaban J connectivity index is 1.54. The maximum Gasteiger partial charge on any atom is 0.308 e. The number of rotatable bonds is 4. The predicted molar refractivity (Wildman–Crippen MR) is 95.4 cm³/mol. The molecule has 1 amide bonds. The van der Waals surface area contributed by atoms with Crippen LogP contribution in [-0.4, -0.2) is 69.0 Å². The molecule has 0 bridgehead atoms. The summed E-state index contributed by atoms with van der Waals surface area (Å²) in [5.41, 5.74) is -0.107. The number of amides is 1. The van der Waals surface area contributed by atoms with E-state index in [2.05, 4.69) is 20.3 Å². The van der Waals surface area contributed by atoms with Crippen molar-refractivity contribution in [3.63, 3.8) is 0 Å². The maximum atomic E-state index is 13.8. The first kappa shape index (κ1) is 18.5. The van der Waals surface area contributed by atoms with Crippen LogP contribution in [0.4, 0.5) is 10.3 Å². The number of carbonyl (C=O) groups excluding carboxylic acids is 1. The van der Waals surface area contributed by atoms with Crippen molar-refractivity contribution in [3.8, 4) is 0 Å². The minimum Gasteiger partial charge on any atom is -0.481 e. The molecular formula is C18H20FN5O4. The van der Waals surface area contributed by atoms with Crippen LogP contribution in [0.2, 0.25) is 0 Å². The van der Waals surface area contributed by atoms with E-state index in [1.807, 2.05) is 0 Å². The Morgan fingerprint density at radius 3 is 2.71 bits per heavy atom. The van der Waals surface area contributed by atoms with Crippen LogP contribution in [0.25, 0.3) is 0 Å². The highest BCUT2D eigenvalue weighted by Gasteiger charge is 2.39. The number of aromatic nitrogens is 3. The molecule has 0 radical (unpaired) electrons. The van der Waals surface area contributed by atoms with E-state index in [0.717, 1.165) is 0 Å². The quantitative estimate of drug-likeness (QED) is 0.789. The van der Waals surface area contributed by atoms with Crippen LogP contribution in [-0.2, 0) is 22.5 Å². The van der Waals surface area contributed by atoms with Gasteiger partial charge in [-0.3, -0.25) is 19.8 Å². The molecule has 4 rings (SSSR count). The third-order valence-electron chi connectivity index (χ3n) is 5.15. The monoisotopic (exact) mass is 389 g/mol. The lowest BCUT2D eigenvalue weighted by molar-refractivity contribution is -0.146. The molecular weight excluding hydrogens is 369 g/mol. The number of aliphatic carboxylic acids is 1. The summed E-state index contributed by atoms with van der Waals surface area (Å²) in [4.78, 5) is 30.4. The third kappa shape index (κ3) is 3.60. The van der Waals surface area contributed by atoms with E-state index in [0.29, 0.717) is 38.7 Å². The molecule has 148 valence electrons. The number of nitrogens with zero attached hydrogens (tertiary/aromatic N) is 4. The first-order valence-electron chi connectivity index (χ1n) is 9.07. The van der Waals surface area contributed by atoms with Crippen LogP contribution in [0.3, 0.4) is 0 Å². The van der Waals surface area contributed by atoms with Crippen molar-refractivity contribution in [1.82, 2.24) is 19.7 Å². The molecule has 0 spiro atoms. The average molecular weight is 389 g/mol. The fourth-order valence-corrected chi connectivity index (χ4v) is 3.71. The SMILES string of the molecule is O=C(Nc1nc2n(n1)CC(N1CCOCC1)C(C(=O)O)C2)c1ccccc1F. The lowest BCUT2D eigenvalue weighted by Gasteiger charge is -2.39. The van der Waals surface area contributed by atoms with Gasteiger partial charge in [-0.1, -0.05) is 12.1 Å². The van der Waals surface area contributed by atoms with Crippen LogP contribution in [0, 0.1) is 11.7 Å². The lowest BCUT2D eigenvalue weighted by Crippen LogP contribution is -2.53.